The summed E-state index contributed by atoms with van der Waals surface area (Å²) >= 11 is 0. The van der Waals surface area contributed by atoms with Gasteiger partial charge in [0.25, 0.3) is 0 Å². The molecular formula is C13H20N2O3. The molecule has 1 aromatic carbocycles. The van der Waals surface area contributed by atoms with Gasteiger partial charge in [0.15, 0.2) is 0 Å². The van der Waals surface area contributed by atoms with Crippen LogP contribution in [0.4, 0.5) is 11.4 Å². The van der Waals surface area contributed by atoms with Crippen molar-refractivity contribution in [3.05, 3.63) is 23.8 Å². The molecule has 5 nitrogen and oxygen atoms in total. The molecule has 0 aliphatic carbocycles. The highest BCUT2D eigenvalue weighted by atomic mass is 16.5. The number of hydrogen-bond acceptors (Lipinski definition) is 5. The number of rotatable bonds is 7. The number of esters is 1. The molecule has 0 atom stereocenters. The molecular weight excluding hydrogens is 232 g/mol. The first-order valence-corrected chi connectivity index (χ1v) is 6.07. The van der Waals surface area contributed by atoms with Crippen LogP contribution < -0.4 is 11.1 Å². The van der Waals surface area contributed by atoms with Crippen LogP contribution >= 0.6 is 0 Å². The van der Waals surface area contributed by atoms with Gasteiger partial charge in [-0.3, -0.25) is 0 Å². The van der Waals surface area contributed by atoms with Crippen molar-refractivity contribution in [3.8, 4) is 0 Å². The van der Waals surface area contributed by atoms with Gasteiger partial charge in [-0.2, -0.15) is 0 Å². The molecule has 0 aromatic heterocycles. The van der Waals surface area contributed by atoms with Crippen LogP contribution in [-0.4, -0.2) is 32.3 Å². The minimum absolute atomic E-state index is 0.334. The van der Waals surface area contributed by atoms with Crippen LogP contribution in [0.15, 0.2) is 18.2 Å². The maximum atomic E-state index is 11.6. The second-order valence-corrected chi connectivity index (χ2v) is 3.61. The van der Waals surface area contributed by atoms with Crippen LogP contribution in [0.1, 0.15) is 24.2 Å². The number of hydrogen-bond donors (Lipinski definition) is 2. The summed E-state index contributed by atoms with van der Waals surface area (Å²) in [6.45, 7) is 5.96. The lowest BCUT2D eigenvalue weighted by Crippen LogP contribution is -2.13. The number of ether oxygens (including phenoxy) is 2. The number of nitrogens with one attached hydrogen (secondary N) is 1. The summed E-state index contributed by atoms with van der Waals surface area (Å²) in [6.07, 6.45) is 0. The van der Waals surface area contributed by atoms with E-state index in [1.165, 1.54) is 0 Å². The number of nitrogens with two attached hydrogens (primary N) is 1. The van der Waals surface area contributed by atoms with Gasteiger partial charge in [-0.25, -0.2) is 4.79 Å². The minimum Gasteiger partial charge on any atom is -0.462 e. The highest BCUT2D eigenvalue weighted by Crippen LogP contribution is 2.23. The molecule has 18 heavy (non-hydrogen) atoms. The van der Waals surface area contributed by atoms with Gasteiger partial charge in [0.05, 0.1) is 30.2 Å². The predicted octanol–water partition coefficient (Wildman–Crippen LogP) is 1.89. The summed E-state index contributed by atoms with van der Waals surface area (Å²) in [5.41, 5.74) is 7.44. The molecule has 0 bridgehead atoms. The van der Waals surface area contributed by atoms with Crippen molar-refractivity contribution in [3.63, 3.8) is 0 Å². The van der Waals surface area contributed by atoms with Crippen molar-refractivity contribution < 1.29 is 14.3 Å². The van der Waals surface area contributed by atoms with E-state index in [1.807, 2.05) is 13.0 Å². The van der Waals surface area contributed by atoms with Crippen molar-refractivity contribution in [1.82, 2.24) is 0 Å². The second-order valence-electron chi connectivity index (χ2n) is 3.61. The van der Waals surface area contributed by atoms with Gasteiger partial charge in [0.2, 0.25) is 0 Å². The topological polar surface area (TPSA) is 73.6 Å². The SMILES string of the molecule is CCOCCNc1cccc(C(=O)OCC)c1N. The molecule has 0 aliphatic heterocycles. The van der Waals surface area contributed by atoms with Crippen molar-refractivity contribution in [2.45, 2.75) is 13.8 Å². The van der Waals surface area contributed by atoms with E-state index in [0.29, 0.717) is 37.6 Å². The molecule has 0 amide bonds. The lowest BCUT2D eigenvalue weighted by Gasteiger charge is -2.12. The summed E-state index contributed by atoms with van der Waals surface area (Å²) in [5.74, 6) is -0.400. The van der Waals surface area contributed by atoms with E-state index < -0.39 is 5.97 Å². The zero-order valence-electron chi connectivity index (χ0n) is 10.9. The molecule has 0 radical (unpaired) electrons. The van der Waals surface area contributed by atoms with Crippen LogP contribution in [0, 0.1) is 0 Å². The van der Waals surface area contributed by atoms with Gasteiger partial charge in [-0.05, 0) is 26.0 Å². The zero-order chi connectivity index (χ0) is 13.4. The fraction of sp³-hybridized carbons (Fsp3) is 0.462. The van der Waals surface area contributed by atoms with Gasteiger partial charge in [0, 0.05) is 13.2 Å². The zero-order valence-corrected chi connectivity index (χ0v) is 10.9. The largest absolute Gasteiger partial charge is 0.462 e. The Balaban J connectivity index is 2.69. The summed E-state index contributed by atoms with van der Waals surface area (Å²) in [4.78, 5) is 11.6. The lowest BCUT2D eigenvalue weighted by molar-refractivity contribution is 0.0527. The Hall–Kier alpha value is -1.75. The third-order valence-corrected chi connectivity index (χ3v) is 2.37. The summed E-state index contributed by atoms with van der Waals surface area (Å²) in [6, 6.07) is 5.25. The standard InChI is InChI=1S/C13H20N2O3/c1-3-17-9-8-15-11-7-5-6-10(12(11)14)13(16)18-4-2/h5-7,15H,3-4,8-9,14H2,1-2H3. The van der Waals surface area contributed by atoms with Crippen molar-refractivity contribution in [2.75, 3.05) is 37.4 Å². The van der Waals surface area contributed by atoms with Crippen molar-refractivity contribution in [1.29, 1.82) is 0 Å². The average molecular weight is 252 g/mol. The molecule has 0 spiro atoms. The molecule has 1 aromatic rings. The molecule has 0 saturated heterocycles. The van der Waals surface area contributed by atoms with Crippen LogP contribution in [-0.2, 0) is 9.47 Å². The molecule has 1 rings (SSSR count). The Kier molecular flexibility index (Phi) is 6.00. The Morgan fingerprint density at radius 2 is 2.11 bits per heavy atom. The smallest absolute Gasteiger partial charge is 0.340 e. The normalized spacial score (nSPS) is 10.1. The van der Waals surface area contributed by atoms with E-state index in [9.17, 15) is 4.79 Å². The number of nitrogen functional groups attached to an aromatic ring is 1. The van der Waals surface area contributed by atoms with E-state index in [0.717, 1.165) is 5.69 Å². The van der Waals surface area contributed by atoms with Gasteiger partial charge in [0.1, 0.15) is 0 Å². The average Bonchev–Trinajstić information content (AvgIpc) is 2.36. The van der Waals surface area contributed by atoms with Gasteiger partial charge < -0.3 is 20.5 Å². The molecule has 0 saturated carbocycles. The van der Waals surface area contributed by atoms with E-state index >= 15 is 0 Å². The van der Waals surface area contributed by atoms with E-state index in [4.69, 9.17) is 15.2 Å². The number of carbonyl (C=O) groups excluding carboxylic acids is 1. The molecule has 0 fully saturated rings. The molecule has 0 aliphatic rings. The van der Waals surface area contributed by atoms with Crippen LogP contribution in [0.5, 0.6) is 0 Å². The first kappa shape index (κ1) is 14.3. The van der Waals surface area contributed by atoms with Crippen LogP contribution in [0.2, 0.25) is 0 Å². The Morgan fingerprint density at radius 1 is 1.33 bits per heavy atom. The van der Waals surface area contributed by atoms with Crippen molar-refractivity contribution >= 4 is 17.3 Å². The first-order chi connectivity index (χ1) is 8.70. The second kappa shape index (κ2) is 7.55. The highest BCUT2D eigenvalue weighted by molar-refractivity contribution is 5.98. The summed E-state index contributed by atoms with van der Waals surface area (Å²) in [7, 11) is 0. The lowest BCUT2D eigenvalue weighted by atomic mass is 10.1. The maximum absolute atomic E-state index is 11.6. The molecule has 5 heteroatoms. The number of carbonyl (C=O) groups is 1. The van der Waals surface area contributed by atoms with Crippen LogP contribution in [0.3, 0.4) is 0 Å². The fourth-order valence-corrected chi connectivity index (χ4v) is 1.51. The van der Waals surface area contributed by atoms with Gasteiger partial charge >= 0.3 is 5.97 Å². The summed E-state index contributed by atoms with van der Waals surface area (Å²) < 4.78 is 10.2. The maximum Gasteiger partial charge on any atom is 0.340 e. The Bertz CT molecular complexity index is 394. The van der Waals surface area contributed by atoms with E-state index in [-0.39, 0.29) is 0 Å². The highest BCUT2D eigenvalue weighted by Gasteiger charge is 2.12. The van der Waals surface area contributed by atoms with E-state index in [2.05, 4.69) is 5.32 Å². The van der Waals surface area contributed by atoms with Gasteiger partial charge in [-0.15, -0.1) is 0 Å². The Morgan fingerprint density at radius 3 is 2.78 bits per heavy atom. The number of benzene rings is 1. The fourth-order valence-electron chi connectivity index (χ4n) is 1.51. The predicted molar refractivity (Wildman–Crippen MR) is 71.8 cm³/mol. The van der Waals surface area contributed by atoms with Crippen LogP contribution in [0.25, 0.3) is 0 Å². The van der Waals surface area contributed by atoms with Crippen molar-refractivity contribution in [2.24, 2.45) is 0 Å². The Labute approximate surface area is 107 Å². The summed E-state index contributed by atoms with van der Waals surface area (Å²) in [5, 5.41) is 3.13. The molecule has 0 heterocycles. The minimum atomic E-state index is -0.400. The van der Waals surface area contributed by atoms with Gasteiger partial charge in [-0.1, -0.05) is 6.07 Å². The quantitative estimate of drug-likeness (QED) is 0.440. The number of para-hydroxylation sites is 1. The van der Waals surface area contributed by atoms with E-state index in [1.54, 1.807) is 19.1 Å². The molecule has 3 N–H and O–H groups in total. The molecule has 100 valence electrons. The number of anilines is 2. The third kappa shape index (κ3) is 3.92. The monoisotopic (exact) mass is 252 g/mol. The first-order valence-electron chi connectivity index (χ1n) is 6.07. The third-order valence-electron chi connectivity index (χ3n) is 2.37. The molecule has 0 unspecified atom stereocenters.